The predicted molar refractivity (Wildman–Crippen MR) is 105 cm³/mol. The van der Waals surface area contributed by atoms with Crippen molar-refractivity contribution in [3.05, 3.63) is 66.4 Å². The lowest BCUT2D eigenvalue weighted by atomic mass is 10.1. The molecule has 0 fully saturated rings. The molecule has 0 radical (unpaired) electrons. The van der Waals surface area contributed by atoms with Crippen molar-refractivity contribution >= 4 is 16.9 Å². The molecule has 27 heavy (non-hydrogen) atoms. The molecule has 4 aromatic rings. The molecule has 7 heteroatoms. The standard InChI is InChI=1S/C20H23N7/c1-3-8-18-24-19(16-13-22-26(2)20(16)25-18)23-17(14-27-12-7-11-21-27)15-9-5-4-6-10-15/h4-7,9-13,17H,3,8,14H2,1-2H3,(H,23,24,25)/t17-/m0/s1. The molecular formula is C20H23N7. The van der Waals surface area contributed by atoms with E-state index in [0.29, 0.717) is 6.54 Å². The zero-order valence-electron chi connectivity index (χ0n) is 15.6. The number of hydrogen-bond acceptors (Lipinski definition) is 5. The summed E-state index contributed by atoms with van der Waals surface area (Å²) in [5, 5.41) is 13.3. The van der Waals surface area contributed by atoms with Crippen LogP contribution in [-0.2, 0) is 20.0 Å². The maximum Gasteiger partial charge on any atom is 0.163 e. The zero-order valence-corrected chi connectivity index (χ0v) is 15.6. The molecule has 0 saturated heterocycles. The highest BCUT2D eigenvalue weighted by Gasteiger charge is 2.17. The fourth-order valence-electron chi connectivity index (χ4n) is 3.19. The molecule has 0 bridgehead atoms. The first-order valence-electron chi connectivity index (χ1n) is 9.22. The smallest absolute Gasteiger partial charge is 0.163 e. The molecule has 4 rings (SSSR count). The molecule has 0 amide bonds. The topological polar surface area (TPSA) is 73.5 Å². The van der Waals surface area contributed by atoms with Gasteiger partial charge in [0.15, 0.2) is 5.65 Å². The van der Waals surface area contributed by atoms with Gasteiger partial charge in [0.2, 0.25) is 0 Å². The number of benzene rings is 1. The number of aryl methyl sites for hydroxylation is 2. The van der Waals surface area contributed by atoms with Crippen LogP contribution in [0.15, 0.2) is 55.0 Å². The van der Waals surface area contributed by atoms with Gasteiger partial charge >= 0.3 is 0 Å². The fraction of sp³-hybridized carbons (Fsp3) is 0.300. The lowest BCUT2D eigenvalue weighted by Gasteiger charge is -2.21. The van der Waals surface area contributed by atoms with Gasteiger partial charge in [0.25, 0.3) is 0 Å². The average molecular weight is 361 g/mol. The molecular weight excluding hydrogens is 338 g/mol. The summed E-state index contributed by atoms with van der Waals surface area (Å²) in [5.74, 6) is 1.65. The van der Waals surface area contributed by atoms with Gasteiger partial charge in [-0.1, -0.05) is 37.3 Å². The van der Waals surface area contributed by atoms with Gasteiger partial charge in [-0.25, -0.2) is 9.97 Å². The van der Waals surface area contributed by atoms with Gasteiger partial charge in [0.1, 0.15) is 11.6 Å². The summed E-state index contributed by atoms with van der Waals surface area (Å²) < 4.78 is 3.73. The van der Waals surface area contributed by atoms with Crippen molar-refractivity contribution in [1.29, 1.82) is 0 Å². The van der Waals surface area contributed by atoms with Crippen LogP contribution in [0.5, 0.6) is 0 Å². The highest BCUT2D eigenvalue weighted by atomic mass is 15.3. The van der Waals surface area contributed by atoms with Crippen LogP contribution >= 0.6 is 0 Å². The highest BCUT2D eigenvalue weighted by Crippen LogP contribution is 2.26. The van der Waals surface area contributed by atoms with Crippen LogP contribution in [0.4, 0.5) is 5.82 Å². The maximum absolute atomic E-state index is 4.79. The van der Waals surface area contributed by atoms with Crippen molar-refractivity contribution in [2.24, 2.45) is 7.05 Å². The Morgan fingerprint density at radius 2 is 1.93 bits per heavy atom. The first kappa shape index (κ1) is 17.2. The van der Waals surface area contributed by atoms with Crippen molar-refractivity contribution in [3.63, 3.8) is 0 Å². The molecule has 0 aliphatic heterocycles. The molecule has 1 atom stereocenters. The molecule has 0 unspecified atom stereocenters. The third-order valence-electron chi connectivity index (χ3n) is 4.55. The molecule has 0 saturated carbocycles. The van der Waals surface area contributed by atoms with Crippen molar-refractivity contribution < 1.29 is 0 Å². The van der Waals surface area contributed by atoms with Crippen molar-refractivity contribution in [2.45, 2.75) is 32.4 Å². The molecule has 0 aliphatic carbocycles. The number of nitrogens with zero attached hydrogens (tertiary/aromatic N) is 6. The zero-order chi connectivity index (χ0) is 18.6. The molecule has 1 aromatic carbocycles. The minimum absolute atomic E-state index is 0.0267. The normalized spacial score (nSPS) is 12.4. The van der Waals surface area contributed by atoms with E-state index in [1.807, 2.05) is 36.3 Å². The summed E-state index contributed by atoms with van der Waals surface area (Å²) in [5.41, 5.74) is 2.03. The van der Waals surface area contributed by atoms with E-state index in [1.165, 1.54) is 5.56 Å². The summed E-state index contributed by atoms with van der Waals surface area (Å²) in [7, 11) is 1.91. The highest BCUT2D eigenvalue weighted by molar-refractivity contribution is 5.86. The Bertz CT molecular complexity index is 1010. The quantitative estimate of drug-likeness (QED) is 0.546. The van der Waals surface area contributed by atoms with Gasteiger partial charge in [0, 0.05) is 25.9 Å². The molecule has 3 heterocycles. The van der Waals surface area contributed by atoms with Gasteiger partial charge in [-0.05, 0) is 18.1 Å². The lowest BCUT2D eigenvalue weighted by Crippen LogP contribution is -2.19. The fourth-order valence-corrected chi connectivity index (χ4v) is 3.19. The van der Waals surface area contributed by atoms with Crippen molar-refractivity contribution in [3.8, 4) is 0 Å². The maximum atomic E-state index is 4.79. The summed E-state index contributed by atoms with van der Waals surface area (Å²) >= 11 is 0. The van der Waals surface area contributed by atoms with E-state index in [-0.39, 0.29) is 6.04 Å². The Labute approximate surface area is 158 Å². The average Bonchev–Trinajstić information content (AvgIpc) is 3.33. The Morgan fingerprint density at radius 1 is 1.07 bits per heavy atom. The number of nitrogens with one attached hydrogen (secondary N) is 1. The predicted octanol–water partition coefficient (Wildman–Crippen LogP) is 3.37. The second kappa shape index (κ2) is 7.57. The van der Waals surface area contributed by atoms with E-state index in [1.54, 1.807) is 10.9 Å². The largest absolute Gasteiger partial charge is 0.361 e. The Morgan fingerprint density at radius 3 is 2.67 bits per heavy atom. The van der Waals surface area contributed by atoms with Crippen LogP contribution in [0.3, 0.4) is 0 Å². The first-order chi connectivity index (χ1) is 13.2. The monoisotopic (exact) mass is 361 g/mol. The molecule has 7 nitrogen and oxygen atoms in total. The minimum atomic E-state index is 0.0267. The summed E-state index contributed by atoms with van der Waals surface area (Å²) in [6.07, 6.45) is 7.43. The summed E-state index contributed by atoms with van der Waals surface area (Å²) in [6.45, 7) is 2.83. The molecule has 3 aromatic heterocycles. The van der Waals surface area contributed by atoms with Crippen LogP contribution < -0.4 is 5.32 Å². The van der Waals surface area contributed by atoms with Gasteiger partial charge in [0.05, 0.1) is 24.2 Å². The van der Waals surface area contributed by atoms with Crippen LogP contribution in [0.25, 0.3) is 11.0 Å². The first-order valence-corrected chi connectivity index (χ1v) is 9.22. The van der Waals surface area contributed by atoms with E-state index >= 15 is 0 Å². The molecule has 138 valence electrons. The number of rotatable bonds is 7. The number of aromatic nitrogens is 6. The molecule has 0 spiro atoms. The van der Waals surface area contributed by atoms with Gasteiger partial charge in [-0.15, -0.1) is 0 Å². The SMILES string of the molecule is CCCc1nc(N[C@@H](Cn2cccn2)c2ccccc2)c2cnn(C)c2n1. The van der Waals surface area contributed by atoms with Gasteiger partial charge < -0.3 is 5.32 Å². The lowest BCUT2D eigenvalue weighted by molar-refractivity contribution is 0.550. The van der Waals surface area contributed by atoms with Gasteiger partial charge in [-0.3, -0.25) is 9.36 Å². The Hall–Kier alpha value is -3.22. The van der Waals surface area contributed by atoms with Crippen molar-refractivity contribution in [1.82, 2.24) is 29.5 Å². The second-order valence-electron chi connectivity index (χ2n) is 6.58. The van der Waals surface area contributed by atoms with E-state index in [4.69, 9.17) is 4.98 Å². The number of fused-ring (bicyclic) bond motifs is 1. The summed E-state index contributed by atoms with van der Waals surface area (Å²) in [6, 6.07) is 12.3. The van der Waals surface area contributed by atoms with Crippen LogP contribution in [-0.4, -0.2) is 29.5 Å². The van der Waals surface area contributed by atoms with E-state index in [0.717, 1.165) is 35.5 Å². The number of anilines is 1. The van der Waals surface area contributed by atoms with Gasteiger partial charge in [-0.2, -0.15) is 10.2 Å². The third kappa shape index (κ3) is 3.67. The molecule has 1 N–H and O–H groups in total. The van der Waals surface area contributed by atoms with Crippen LogP contribution in [0, 0.1) is 0 Å². The van der Waals surface area contributed by atoms with E-state index in [9.17, 15) is 0 Å². The second-order valence-corrected chi connectivity index (χ2v) is 6.58. The summed E-state index contributed by atoms with van der Waals surface area (Å²) in [4.78, 5) is 9.47. The minimum Gasteiger partial charge on any atom is -0.361 e. The molecule has 0 aliphatic rings. The van der Waals surface area contributed by atoms with E-state index in [2.05, 4.69) is 51.7 Å². The number of hydrogen-bond donors (Lipinski definition) is 1. The van der Waals surface area contributed by atoms with Crippen LogP contribution in [0.2, 0.25) is 0 Å². The Balaban J connectivity index is 1.74. The third-order valence-corrected chi connectivity index (χ3v) is 4.55. The Kier molecular flexibility index (Phi) is 4.82. The van der Waals surface area contributed by atoms with Crippen LogP contribution in [0.1, 0.15) is 30.8 Å². The van der Waals surface area contributed by atoms with E-state index < -0.39 is 0 Å². The van der Waals surface area contributed by atoms with Crippen molar-refractivity contribution in [2.75, 3.05) is 5.32 Å².